The zero-order valence-electron chi connectivity index (χ0n) is 11.7. The minimum Gasteiger partial charge on any atom is -0.388 e. The SMILES string of the molecule is CC(N)c1ccc(N(C)CC2(O)CCCC2)cc1Br. The monoisotopic (exact) mass is 326 g/mol. The Bertz CT molecular complexity index is 442. The summed E-state index contributed by atoms with van der Waals surface area (Å²) in [7, 11) is 2.03. The van der Waals surface area contributed by atoms with Crippen molar-refractivity contribution in [3.63, 3.8) is 0 Å². The van der Waals surface area contributed by atoms with Crippen LogP contribution in [0, 0.1) is 0 Å². The first-order valence-electron chi connectivity index (χ1n) is 6.90. The van der Waals surface area contributed by atoms with Crippen LogP contribution in [0.2, 0.25) is 0 Å². The van der Waals surface area contributed by atoms with Gasteiger partial charge in [-0.3, -0.25) is 0 Å². The van der Waals surface area contributed by atoms with Crippen molar-refractivity contribution in [1.82, 2.24) is 0 Å². The summed E-state index contributed by atoms with van der Waals surface area (Å²) in [5.41, 5.74) is 7.61. The molecule has 3 nitrogen and oxygen atoms in total. The molecule has 1 aliphatic carbocycles. The summed E-state index contributed by atoms with van der Waals surface area (Å²) in [6.07, 6.45) is 4.10. The number of nitrogens with two attached hydrogens (primary N) is 1. The number of likely N-dealkylation sites (N-methyl/N-ethyl adjacent to an activating group) is 1. The Morgan fingerprint density at radius 1 is 1.42 bits per heavy atom. The third-order valence-corrected chi connectivity index (χ3v) is 4.67. The number of rotatable bonds is 4. The zero-order chi connectivity index (χ0) is 14.0. The van der Waals surface area contributed by atoms with Gasteiger partial charge < -0.3 is 15.7 Å². The maximum atomic E-state index is 10.5. The summed E-state index contributed by atoms with van der Waals surface area (Å²) in [6, 6.07) is 6.23. The highest BCUT2D eigenvalue weighted by Crippen LogP contribution is 2.32. The molecule has 0 radical (unpaired) electrons. The fourth-order valence-electron chi connectivity index (χ4n) is 2.85. The summed E-state index contributed by atoms with van der Waals surface area (Å²) >= 11 is 3.57. The second kappa shape index (κ2) is 5.81. The molecule has 4 heteroatoms. The van der Waals surface area contributed by atoms with E-state index in [-0.39, 0.29) is 6.04 Å². The van der Waals surface area contributed by atoms with Gasteiger partial charge in [-0.15, -0.1) is 0 Å². The van der Waals surface area contributed by atoms with E-state index in [0.29, 0.717) is 6.54 Å². The first-order valence-corrected chi connectivity index (χ1v) is 7.69. The van der Waals surface area contributed by atoms with Gasteiger partial charge in [-0.05, 0) is 37.5 Å². The molecule has 106 valence electrons. The van der Waals surface area contributed by atoms with Crippen LogP contribution in [0.15, 0.2) is 22.7 Å². The van der Waals surface area contributed by atoms with Gasteiger partial charge in [-0.25, -0.2) is 0 Å². The molecule has 0 aromatic heterocycles. The number of anilines is 1. The second-order valence-electron chi connectivity index (χ2n) is 5.78. The highest BCUT2D eigenvalue weighted by atomic mass is 79.9. The van der Waals surface area contributed by atoms with E-state index in [2.05, 4.69) is 39.0 Å². The molecule has 1 aliphatic rings. The van der Waals surface area contributed by atoms with Crippen LogP contribution in [-0.2, 0) is 0 Å². The largest absolute Gasteiger partial charge is 0.388 e. The maximum Gasteiger partial charge on any atom is 0.0821 e. The average Bonchev–Trinajstić information content (AvgIpc) is 2.75. The van der Waals surface area contributed by atoms with Crippen LogP contribution in [0.25, 0.3) is 0 Å². The van der Waals surface area contributed by atoms with Gasteiger partial charge in [0.05, 0.1) is 5.60 Å². The van der Waals surface area contributed by atoms with Crippen molar-refractivity contribution in [2.24, 2.45) is 5.73 Å². The second-order valence-corrected chi connectivity index (χ2v) is 6.64. The molecular weight excluding hydrogens is 304 g/mol. The third kappa shape index (κ3) is 3.50. The van der Waals surface area contributed by atoms with Crippen molar-refractivity contribution < 1.29 is 5.11 Å². The molecule has 1 atom stereocenters. The van der Waals surface area contributed by atoms with Crippen LogP contribution in [0.5, 0.6) is 0 Å². The minimum atomic E-state index is -0.513. The van der Waals surface area contributed by atoms with Gasteiger partial charge in [-0.2, -0.15) is 0 Å². The summed E-state index contributed by atoms with van der Waals surface area (Å²) in [5.74, 6) is 0. The summed E-state index contributed by atoms with van der Waals surface area (Å²) < 4.78 is 1.03. The van der Waals surface area contributed by atoms with Gasteiger partial charge in [0.15, 0.2) is 0 Å². The standard InChI is InChI=1S/C15H23BrN2O/c1-11(17)13-6-5-12(9-14(13)16)18(2)10-15(19)7-3-4-8-15/h5-6,9,11,19H,3-4,7-8,10,17H2,1-2H3. The molecule has 19 heavy (non-hydrogen) atoms. The van der Waals surface area contributed by atoms with Crippen LogP contribution in [0.1, 0.15) is 44.2 Å². The molecule has 1 aromatic rings. The van der Waals surface area contributed by atoms with Crippen molar-refractivity contribution in [3.8, 4) is 0 Å². The molecule has 1 fully saturated rings. The lowest BCUT2D eigenvalue weighted by Gasteiger charge is -2.30. The topological polar surface area (TPSA) is 49.5 Å². The smallest absolute Gasteiger partial charge is 0.0821 e. The molecule has 0 bridgehead atoms. The number of halogens is 1. The zero-order valence-corrected chi connectivity index (χ0v) is 13.3. The summed E-state index contributed by atoms with van der Waals surface area (Å²) in [5, 5.41) is 10.5. The molecule has 0 aliphatic heterocycles. The Morgan fingerprint density at radius 3 is 2.58 bits per heavy atom. The Balaban J connectivity index is 2.11. The van der Waals surface area contributed by atoms with Crippen LogP contribution in [-0.4, -0.2) is 24.3 Å². The molecule has 0 heterocycles. The molecule has 3 N–H and O–H groups in total. The highest BCUT2D eigenvalue weighted by Gasteiger charge is 2.32. The molecule has 1 saturated carbocycles. The van der Waals surface area contributed by atoms with Crippen LogP contribution in [0.4, 0.5) is 5.69 Å². The number of benzene rings is 1. The van der Waals surface area contributed by atoms with E-state index in [1.54, 1.807) is 0 Å². The van der Waals surface area contributed by atoms with E-state index in [0.717, 1.165) is 41.4 Å². The summed E-state index contributed by atoms with van der Waals surface area (Å²) in [6.45, 7) is 2.67. The van der Waals surface area contributed by atoms with Crippen molar-refractivity contribution in [1.29, 1.82) is 0 Å². The van der Waals surface area contributed by atoms with Crippen LogP contribution >= 0.6 is 15.9 Å². The van der Waals surface area contributed by atoms with Gasteiger partial charge in [0.2, 0.25) is 0 Å². The molecule has 1 aromatic carbocycles. The van der Waals surface area contributed by atoms with Crippen molar-refractivity contribution >= 4 is 21.6 Å². The number of hydrogen-bond acceptors (Lipinski definition) is 3. The quantitative estimate of drug-likeness (QED) is 0.893. The van der Waals surface area contributed by atoms with Crippen molar-refractivity contribution in [3.05, 3.63) is 28.2 Å². The molecule has 1 unspecified atom stereocenters. The van der Waals surface area contributed by atoms with E-state index in [4.69, 9.17) is 5.73 Å². The Kier molecular flexibility index (Phi) is 4.54. The van der Waals surface area contributed by atoms with E-state index in [1.165, 1.54) is 0 Å². The van der Waals surface area contributed by atoms with E-state index in [9.17, 15) is 5.11 Å². The number of hydrogen-bond donors (Lipinski definition) is 2. The van der Waals surface area contributed by atoms with E-state index < -0.39 is 5.60 Å². The predicted molar refractivity (Wildman–Crippen MR) is 83.4 cm³/mol. The minimum absolute atomic E-state index is 0.0211. The van der Waals surface area contributed by atoms with Crippen molar-refractivity contribution in [2.45, 2.75) is 44.2 Å². The summed E-state index contributed by atoms with van der Waals surface area (Å²) in [4.78, 5) is 2.13. The van der Waals surface area contributed by atoms with Gasteiger partial charge >= 0.3 is 0 Å². The Hall–Kier alpha value is -0.580. The molecular formula is C15H23BrN2O. The lowest BCUT2D eigenvalue weighted by atomic mass is 10.0. The van der Waals surface area contributed by atoms with E-state index >= 15 is 0 Å². The molecule has 2 rings (SSSR count). The van der Waals surface area contributed by atoms with Crippen molar-refractivity contribution in [2.75, 3.05) is 18.5 Å². The van der Waals surface area contributed by atoms with Crippen LogP contribution < -0.4 is 10.6 Å². The predicted octanol–water partition coefficient (Wildman–Crippen LogP) is 3.21. The van der Waals surface area contributed by atoms with E-state index in [1.807, 2.05) is 14.0 Å². The normalized spacial score (nSPS) is 19.4. The van der Waals surface area contributed by atoms with Gasteiger partial charge in [0.25, 0.3) is 0 Å². The van der Waals surface area contributed by atoms with Crippen LogP contribution in [0.3, 0.4) is 0 Å². The molecule has 0 saturated heterocycles. The Labute approximate surface area is 123 Å². The first-order chi connectivity index (χ1) is 8.91. The fourth-order valence-corrected chi connectivity index (χ4v) is 3.57. The lowest BCUT2D eigenvalue weighted by Crippen LogP contribution is -2.39. The number of nitrogens with zero attached hydrogens (tertiary/aromatic N) is 1. The third-order valence-electron chi connectivity index (χ3n) is 3.98. The van der Waals surface area contributed by atoms with Gasteiger partial charge in [0, 0.05) is 29.8 Å². The maximum absolute atomic E-state index is 10.5. The fraction of sp³-hybridized carbons (Fsp3) is 0.600. The first kappa shape index (κ1) is 14.8. The molecule has 0 amide bonds. The molecule has 0 spiro atoms. The van der Waals surface area contributed by atoms with Gasteiger partial charge in [-0.1, -0.05) is 34.8 Å². The Morgan fingerprint density at radius 2 is 2.05 bits per heavy atom. The highest BCUT2D eigenvalue weighted by molar-refractivity contribution is 9.10. The average molecular weight is 327 g/mol. The van der Waals surface area contributed by atoms with Gasteiger partial charge in [0.1, 0.15) is 0 Å². The number of aliphatic hydroxyl groups is 1. The lowest BCUT2D eigenvalue weighted by molar-refractivity contribution is 0.0559.